The first kappa shape index (κ1) is 29.9. The molecule has 5 aliphatic rings. The van der Waals surface area contributed by atoms with E-state index in [0.29, 0.717) is 51.6 Å². The zero-order valence-electron chi connectivity index (χ0n) is 26.1. The summed E-state index contributed by atoms with van der Waals surface area (Å²) in [5.41, 5.74) is -0.0201. The molecule has 250 valence electrons. The van der Waals surface area contributed by atoms with E-state index in [1.54, 1.807) is 26.4 Å². The van der Waals surface area contributed by atoms with Gasteiger partial charge in [0.05, 0.1) is 53.2 Å². The highest BCUT2D eigenvalue weighted by atomic mass is 16.7. The van der Waals surface area contributed by atoms with E-state index in [9.17, 15) is 5.11 Å². The Hall–Kier alpha value is -4.50. The summed E-state index contributed by atoms with van der Waals surface area (Å²) in [6, 6.07) is 10.9. The molecular formula is C33H34O14. The summed E-state index contributed by atoms with van der Waals surface area (Å²) >= 11 is 0. The smallest absolute Gasteiger partial charge is 0.232 e. The van der Waals surface area contributed by atoms with E-state index in [-0.39, 0.29) is 44.9 Å². The largest absolute Gasteiger partial charge is 0.496 e. The van der Waals surface area contributed by atoms with Gasteiger partial charge in [0.25, 0.3) is 0 Å². The SMILES string of the molecule is COC[C@H]1Oc2cc([C@H]3OC[C@]4(O)[C@H](Oc5c(OC)cc6c(c5OC)OCO6)OC[C@H]34)c(OC)cc2O[C@@H]1c1ccc2c(c1)OCO2. The van der Waals surface area contributed by atoms with E-state index in [1.165, 1.54) is 14.2 Å². The Morgan fingerprint density at radius 1 is 0.745 bits per heavy atom. The third kappa shape index (κ3) is 4.77. The van der Waals surface area contributed by atoms with E-state index in [2.05, 4.69) is 0 Å². The number of ether oxygens (including phenoxy) is 13. The lowest BCUT2D eigenvalue weighted by Gasteiger charge is -2.35. The van der Waals surface area contributed by atoms with Gasteiger partial charge in [-0.3, -0.25) is 0 Å². The fourth-order valence-corrected chi connectivity index (χ4v) is 6.73. The minimum atomic E-state index is -1.53. The van der Waals surface area contributed by atoms with E-state index in [1.807, 2.05) is 24.3 Å². The highest BCUT2D eigenvalue weighted by molar-refractivity contribution is 5.66. The standard InChI is InChI=1S/C33H34O14/c1-35-12-26-27(16-5-6-19-21(7-16)42-14-41-19)46-23-9-20(36-2)17(8-22(23)45-26)28-18-11-39-32(33(18,34)13-40-28)47-30-24(37-3)10-25-29(31(30)38-4)44-15-43-25/h5-10,18,26-28,32,34H,11-15H2,1-4H3/t18-,26-,27-,28-,32+,33-/m1/s1. The lowest BCUT2D eigenvalue weighted by molar-refractivity contribution is -0.153. The third-order valence-corrected chi connectivity index (χ3v) is 9.05. The molecule has 0 amide bonds. The molecule has 3 aromatic carbocycles. The average molecular weight is 655 g/mol. The zero-order valence-corrected chi connectivity index (χ0v) is 26.1. The predicted octanol–water partition coefficient (Wildman–Crippen LogP) is 3.55. The molecule has 2 saturated heterocycles. The molecule has 5 aliphatic heterocycles. The molecule has 0 spiro atoms. The second-order valence-corrected chi connectivity index (χ2v) is 11.6. The molecule has 0 aliphatic carbocycles. The summed E-state index contributed by atoms with van der Waals surface area (Å²) in [7, 11) is 6.14. The first-order valence-electron chi connectivity index (χ1n) is 15.1. The van der Waals surface area contributed by atoms with Gasteiger partial charge < -0.3 is 66.7 Å². The Morgan fingerprint density at radius 2 is 1.51 bits per heavy atom. The maximum atomic E-state index is 12.0. The number of methoxy groups -OCH3 is 4. The lowest BCUT2D eigenvalue weighted by Crippen LogP contribution is -2.47. The second kappa shape index (κ2) is 11.6. The van der Waals surface area contributed by atoms with Gasteiger partial charge in [-0.25, -0.2) is 0 Å². The van der Waals surface area contributed by atoms with Crippen molar-refractivity contribution >= 4 is 0 Å². The highest BCUT2D eigenvalue weighted by Gasteiger charge is 2.61. The van der Waals surface area contributed by atoms with Crippen LogP contribution in [0.5, 0.6) is 57.5 Å². The molecule has 0 unspecified atom stereocenters. The van der Waals surface area contributed by atoms with Crippen molar-refractivity contribution in [2.75, 3.05) is 61.8 Å². The zero-order chi connectivity index (χ0) is 32.3. The van der Waals surface area contributed by atoms with Crippen molar-refractivity contribution in [3.8, 4) is 57.5 Å². The van der Waals surface area contributed by atoms with Gasteiger partial charge in [0, 0.05) is 30.4 Å². The molecule has 1 N–H and O–H groups in total. The van der Waals surface area contributed by atoms with Crippen LogP contribution in [0.4, 0.5) is 0 Å². The summed E-state index contributed by atoms with van der Waals surface area (Å²) in [5.74, 6) is 3.90. The van der Waals surface area contributed by atoms with Crippen molar-refractivity contribution in [1.82, 2.24) is 0 Å². The van der Waals surface area contributed by atoms with Crippen molar-refractivity contribution in [2.45, 2.75) is 30.2 Å². The molecular weight excluding hydrogens is 620 g/mol. The van der Waals surface area contributed by atoms with E-state index < -0.39 is 36.1 Å². The predicted molar refractivity (Wildman–Crippen MR) is 158 cm³/mol. The molecule has 2 fully saturated rings. The molecule has 0 bridgehead atoms. The molecule has 5 heterocycles. The van der Waals surface area contributed by atoms with Crippen LogP contribution in [0.15, 0.2) is 36.4 Å². The van der Waals surface area contributed by atoms with Gasteiger partial charge in [-0.05, 0) is 18.2 Å². The summed E-state index contributed by atoms with van der Waals surface area (Å²) in [4.78, 5) is 0. The van der Waals surface area contributed by atoms with Crippen LogP contribution in [-0.4, -0.2) is 84.9 Å². The Balaban J connectivity index is 1.07. The normalized spacial score (nSPS) is 27.8. The quantitative estimate of drug-likeness (QED) is 0.360. The van der Waals surface area contributed by atoms with Crippen LogP contribution in [0.1, 0.15) is 23.3 Å². The Morgan fingerprint density at radius 3 is 2.32 bits per heavy atom. The molecule has 3 aromatic rings. The number of hydrogen-bond donors (Lipinski definition) is 1. The van der Waals surface area contributed by atoms with Gasteiger partial charge in [0.15, 0.2) is 52.3 Å². The summed E-state index contributed by atoms with van der Waals surface area (Å²) in [5, 5.41) is 12.0. The molecule has 47 heavy (non-hydrogen) atoms. The Bertz CT molecular complexity index is 1680. The lowest BCUT2D eigenvalue weighted by atomic mass is 9.85. The maximum Gasteiger partial charge on any atom is 0.232 e. The number of aliphatic hydroxyl groups is 1. The van der Waals surface area contributed by atoms with Gasteiger partial charge >= 0.3 is 0 Å². The van der Waals surface area contributed by atoms with Crippen LogP contribution in [0.3, 0.4) is 0 Å². The number of rotatable bonds is 9. The summed E-state index contributed by atoms with van der Waals surface area (Å²) < 4.78 is 76.2. The molecule has 6 atom stereocenters. The van der Waals surface area contributed by atoms with E-state index >= 15 is 0 Å². The maximum absolute atomic E-state index is 12.0. The van der Waals surface area contributed by atoms with Crippen molar-refractivity contribution in [3.63, 3.8) is 0 Å². The van der Waals surface area contributed by atoms with Crippen LogP contribution in [0.25, 0.3) is 0 Å². The third-order valence-electron chi connectivity index (χ3n) is 9.05. The first-order valence-corrected chi connectivity index (χ1v) is 15.1. The Kier molecular flexibility index (Phi) is 7.39. The van der Waals surface area contributed by atoms with Gasteiger partial charge in [0.1, 0.15) is 5.75 Å². The van der Waals surface area contributed by atoms with Gasteiger partial charge in [-0.15, -0.1) is 0 Å². The van der Waals surface area contributed by atoms with Crippen molar-refractivity contribution < 1.29 is 66.7 Å². The molecule has 14 nitrogen and oxygen atoms in total. The highest BCUT2D eigenvalue weighted by Crippen LogP contribution is 2.56. The fourth-order valence-electron chi connectivity index (χ4n) is 6.73. The van der Waals surface area contributed by atoms with Crippen molar-refractivity contribution in [2.24, 2.45) is 5.92 Å². The fraction of sp³-hybridized carbons (Fsp3) is 0.455. The summed E-state index contributed by atoms with van der Waals surface area (Å²) in [6.45, 7) is 0.531. The molecule has 0 saturated carbocycles. The van der Waals surface area contributed by atoms with Gasteiger partial charge in [-0.2, -0.15) is 0 Å². The van der Waals surface area contributed by atoms with Crippen LogP contribution in [-0.2, 0) is 14.2 Å². The van der Waals surface area contributed by atoms with Crippen LogP contribution in [0.2, 0.25) is 0 Å². The van der Waals surface area contributed by atoms with Crippen molar-refractivity contribution in [1.29, 1.82) is 0 Å². The van der Waals surface area contributed by atoms with Crippen LogP contribution >= 0.6 is 0 Å². The minimum absolute atomic E-state index is 0.0302. The molecule has 8 rings (SSSR count). The van der Waals surface area contributed by atoms with Crippen molar-refractivity contribution in [3.05, 3.63) is 47.5 Å². The van der Waals surface area contributed by atoms with Crippen LogP contribution in [0, 0.1) is 5.92 Å². The number of benzene rings is 3. The molecule has 14 heteroatoms. The molecule has 0 aromatic heterocycles. The van der Waals surface area contributed by atoms with E-state index in [4.69, 9.17) is 61.6 Å². The Labute approximate surface area is 269 Å². The monoisotopic (exact) mass is 654 g/mol. The van der Waals surface area contributed by atoms with E-state index in [0.717, 1.165) is 5.56 Å². The average Bonchev–Trinajstić information content (AvgIpc) is 3.88. The first-order chi connectivity index (χ1) is 22.9. The summed E-state index contributed by atoms with van der Waals surface area (Å²) in [6.07, 6.45) is -2.70. The van der Waals surface area contributed by atoms with Gasteiger partial charge in [0.2, 0.25) is 37.1 Å². The molecule has 0 radical (unpaired) electrons. The second-order valence-electron chi connectivity index (χ2n) is 11.6. The minimum Gasteiger partial charge on any atom is -0.496 e. The number of hydrogen-bond acceptors (Lipinski definition) is 14. The topological polar surface area (TPSA) is 140 Å². The van der Waals surface area contributed by atoms with Crippen LogP contribution < -0.4 is 47.4 Å². The number of fused-ring (bicyclic) bond motifs is 4. The van der Waals surface area contributed by atoms with Gasteiger partial charge in [-0.1, -0.05) is 6.07 Å².